The van der Waals surface area contributed by atoms with Gasteiger partial charge in [-0.05, 0) is 18.2 Å². The zero-order valence-corrected chi connectivity index (χ0v) is 15.5. The summed E-state index contributed by atoms with van der Waals surface area (Å²) in [5, 5.41) is 11.9. The fourth-order valence-corrected chi connectivity index (χ4v) is 4.94. The minimum atomic E-state index is -0.457. The van der Waals surface area contributed by atoms with Gasteiger partial charge in [-0.25, -0.2) is 4.98 Å². The van der Waals surface area contributed by atoms with Crippen LogP contribution in [-0.2, 0) is 6.54 Å². The van der Waals surface area contributed by atoms with Crippen molar-refractivity contribution in [3.8, 4) is 0 Å². The maximum Gasteiger partial charge on any atom is 0.324 e. The van der Waals surface area contributed by atoms with Crippen LogP contribution in [0.1, 0.15) is 14.7 Å². The summed E-state index contributed by atoms with van der Waals surface area (Å²) in [4.78, 5) is 31.1. The molecular formula is C17H17N4O3S2+. The third-order valence-corrected chi connectivity index (χ3v) is 6.54. The number of nitrogens with zero attached hydrogens (tertiary/aromatic N) is 3. The molecule has 4 rings (SSSR count). The molecule has 0 aliphatic carbocycles. The first-order valence-electron chi connectivity index (χ1n) is 8.31. The molecule has 1 fully saturated rings. The Morgan fingerprint density at radius 3 is 2.65 bits per heavy atom. The van der Waals surface area contributed by atoms with E-state index < -0.39 is 4.92 Å². The molecule has 26 heavy (non-hydrogen) atoms. The molecular weight excluding hydrogens is 372 g/mol. The fraction of sp³-hybridized carbons (Fsp3) is 0.294. The number of quaternary nitrogens is 1. The zero-order valence-electron chi connectivity index (χ0n) is 13.9. The molecule has 7 nitrogen and oxygen atoms in total. The summed E-state index contributed by atoms with van der Waals surface area (Å²) in [5.41, 5.74) is 1.04. The average molecular weight is 389 g/mol. The number of carbonyl (C=O) groups excluding carboxylic acids is 1. The molecule has 134 valence electrons. The molecule has 1 N–H and O–H groups in total. The lowest BCUT2D eigenvalue weighted by Crippen LogP contribution is -3.13. The second kappa shape index (κ2) is 7.10. The van der Waals surface area contributed by atoms with Crippen molar-refractivity contribution in [2.24, 2.45) is 0 Å². The van der Waals surface area contributed by atoms with E-state index >= 15 is 0 Å². The lowest BCUT2D eigenvalue weighted by molar-refractivity contribution is -0.917. The van der Waals surface area contributed by atoms with Crippen molar-refractivity contribution in [1.29, 1.82) is 0 Å². The summed E-state index contributed by atoms with van der Waals surface area (Å²) in [6.45, 7) is 3.89. The van der Waals surface area contributed by atoms with Crippen molar-refractivity contribution in [1.82, 2.24) is 9.88 Å². The minimum absolute atomic E-state index is 0.00782. The normalized spacial score (nSPS) is 15.5. The highest BCUT2D eigenvalue weighted by molar-refractivity contribution is 7.18. The summed E-state index contributed by atoms with van der Waals surface area (Å²) in [6.07, 6.45) is 0. The van der Waals surface area contributed by atoms with Crippen LogP contribution in [0.15, 0.2) is 36.4 Å². The van der Waals surface area contributed by atoms with Gasteiger partial charge in [-0.15, -0.1) is 11.3 Å². The molecule has 2 aromatic heterocycles. The lowest BCUT2D eigenvalue weighted by atomic mass is 10.3. The molecule has 3 heterocycles. The number of para-hydroxylation sites is 1. The lowest BCUT2D eigenvalue weighted by Gasteiger charge is -2.31. The number of rotatable bonds is 4. The molecule has 1 aromatic carbocycles. The van der Waals surface area contributed by atoms with E-state index in [1.165, 1.54) is 15.7 Å². The molecule has 0 saturated carbocycles. The van der Waals surface area contributed by atoms with Crippen LogP contribution in [0.4, 0.5) is 5.00 Å². The quantitative estimate of drug-likeness (QED) is 0.545. The number of thiazole rings is 1. The monoisotopic (exact) mass is 389 g/mol. The van der Waals surface area contributed by atoms with Crippen molar-refractivity contribution in [2.45, 2.75) is 6.54 Å². The first-order valence-corrected chi connectivity index (χ1v) is 9.95. The summed E-state index contributed by atoms with van der Waals surface area (Å²) >= 11 is 2.67. The Kier molecular flexibility index (Phi) is 4.66. The Morgan fingerprint density at radius 1 is 1.19 bits per heavy atom. The van der Waals surface area contributed by atoms with E-state index in [4.69, 9.17) is 0 Å². The van der Waals surface area contributed by atoms with Gasteiger partial charge in [0, 0.05) is 6.07 Å². The second-order valence-corrected chi connectivity index (χ2v) is 8.37. The van der Waals surface area contributed by atoms with Crippen LogP contribution >= 0.6 is 22.7 Å². The molecule has 1 saturated heterocycles. The largest absolute Gasteiger partial charge is 0.327 e. The van der Waals surface area contributed by atoms with E-state index in [0.717, 1.165) is 41.5 Å². The van der Waals surface area contributed by atoms with Gasteiger partial charge >= 0.3 is 5.00 Å². The van der Waals surface area contributed by atoms with Gasteiger partial charge in [0.2, 0.25) is 0 Å². The predicted molar refractivity (Wildman–Crippen MR) is 101 cm³/mol. The van der Waals surface area contributed by atoms with Gasteiger partial charge in [0.1, 0.15) is 11.6 Å². The molecule has 0 bridgehead atoms. The van der Waals surface area contributed by atoms with Crippen molar-refractivity contribution in [3.05, 3.63) is 56.4 Å². The maximum absolute atomic E-state index is 12.5. The maximum atomic E-state index is 12.5. The van der Waals surface area contributed by atoms with Gasteiger partial charge in [0.05, 0.1) is 46.2 Å². The summed E-state index contributed by atoms with van der Waals surface area (Å²) < 4.78 is 1.20. The van der Waals surface area contributed by atoms with Crippen LogP contribution < -0.4 is 4.90 Å². The summed E-state index contributed by atoms with van der Waals surface area (Å²) in [6, 6.07) is 11.1. The van der Waals surface area contributed by atoms with Gasteiger partial charge in [0.25, 0.3) is 5.91 Å². The van der Waals surface area contributed by atoms with Crippen LogP contribution in [0.2, 0.25) is 0 Å². The highest BCUT2D eigenvalue weighted by Gasteiger charge is 2.27. The van der Waals surface area contributed by atoms with Crippen LogP contribution in [0.5, 0.6) is 0 Å². The number of fused-ring (bicyclic) bond motifs is 1. The Bertz CT molecular complexity index is 927. The van der Waals surface area contributed by atoms with E-state index in [0.29, 0.717) is 18.0 Å². The van der Waals surface area contributed by atoms with E-state index in [9.17, 15) is 14.9 Å². The van der Waals surface area contributed by atoms with Crippen molar-refractivity contribution in [2.75, 3.05) is 26.2 Å². The Balaban J connectivity index is 1.35. The first-order chi connectivity index (χ1) is 12.6. The summed E-state index contributed by atoms with van der Waals surface area (Å²) in [5.74, 6) is -0.109. The van der Waals surface area contributed by atoms with Crippen molar-refractivity contribution < 1.29 is 14.6 Å². The second-order valence-electron chi connectivity index (χ2n) is 6.19. The van der Waals surface area contributed by atoms with E-state index in [1.807, 2.05) is 18.2 Å². The predicted octanol–water partition coefficient (Wildman–Crippen LogP) is 1.81. The SMILES string of the molecule is O=C(c1ccc([N+](=O)[O-])s1)N1CC[NH+](Cc2nc3ccccc3s2)CC1. The number of nitrogens with one attached hydrogen (secondary N) is 1. The molecule has 3 aromatic rings. The molecule has 9 heteroatoms. The Labute approximate surface area is 157 Å². The molecule has 0 spiro atoms. The smallest absolute Gasteiger partial charge is 0.324 e. The number of piperazine rings is 1. The van der Waals surface area contributed by atoms with E-state index in [-0.39, 0.29) is 10.9 Å². The topological polar surface area (TPSA) is 80.8 Å². The van der Waals surface area contributed by atoms with Crippen LogP contribution in [0.3, 0.4) is 0 Å². The molecule has 1 amide bonds. The number of carbonyl (C=O) groups is 1. The number of aromatic nitrogens is 1. The van der Waals surface area contributed by atoms with Crippen LogP contribution in [-0.4, -0.2) is 46.9 Å². The van der Waals surface area contributed by atoms with Gasteiger partial charge < -0.3 is 9.80 Å². The van der Waals surface area contributed by atoms with Crippen LogP contribution in [0.25, 0.3) is 10.2 Å². The molecule has 0 unspecified atom stereocenters. The number of nitro groups is 1. The number of hydrogen-bond donors (Lipinski definition) is 1. The van der Waals surface area contributed by atoms with Gasteiger partial charge in [-0.3, -0.25) is 14.9 Å². The van der Waals surface area contributed by atoms with Crippen LogP contribution in [0, 0.1) is 10.1 Å². The number of hydrogen-bond acceptors (Lipinski definition) is 6. The van der Waals surface area contributed by atoms with Gasteiger partial charge in [-0.2, -0.15) is 0 Å². The Hall–Kier alpha value is -2.36. The number of thiophene rings is 1. The van der Waals surface area contributed by atoms with Crippen molar-refractivity contribution >= 4 is 43.8 Å². The molecule has 1 aliphatic heterocycles. The summed E-state index contributed by atoms with van der Waals surface area (Å²) in [7, 11) is 0. The van der Waals surface area contributed by atoms with Gasteiger partial charge in [-0.1, -0.05) is 23.5 Å². The first kappa shape index (κ1) is 17.1. The fourth-order valence-electron chi connectivity index (χ4n) is 3.11. The molecule has 0 radical (unpaired) electrons. The van der Waals surface area contributed by atoms with Crippen molar-refractivity contribution in [3.63, 3.8) is 0 Å². The zero-order chi connectivity index (χ0) is 18.1. The minimum Gasteiger partial charge on any atom is -0.327 e. The highest BCUT2D eigenvalue weighted by Crippen LogP contribution is 2.25. The van der Waals surface area contributed by atoms with Gasteiger partial charge in [0.15, 0.2) is 0 Å². The third kappa shape index (κ3) is 3.46. The van der Waals surface area contributed by atoms with E-state index in [1.54, 1.807) is 22.3 Å². The molecule has 0 atom stereocenters. The highest BCUT2D eigenvalue weighted by atomic mass is 32.1. The molecule has 1 aliphatic rings. The van der Waals surface area contributed by atoms with E-state index in [2.05, 4.69) is 11.1 Å². The number of benzene rings is 1. The standard InChI is InChI=1S/C17H16N4O3S2/c22-17(14-5-6-16(26-14)21(23)24)20-9-7-19(8-10-20)11-15-18-12-3-1-2-4-13(12)25-15/h1-6H,7-11H2/p+1. The average Bonchev–Trinajstić information content (AvgIpc) is 3.28. The third-order valence-electron chi connectivity index (χ3n) is 4.48. The Morgan fingerprint density at radius 2 is 1.96 bits per heavy atom. The number of amides is 1.